The minimum absolute atomic E-state index is 0.391. The van der Waals surface area contributed by atoms with Gasteiger partial charge < -0.3 is 4.89 Å². The first-order chi connectivity index (χ1) is 7.90. The quantitative estimate of drug-likeness (QED) is 0.483. The Balaban J connectivity index is 2.24. The fraction of sp³-hybridized carbons (Fsp3) is 0. The SMILES string of the molecule is OOc1ccccc1C=Nc1ccccc1. The van der Waals surface area contributed by atoms with E-state index in [1.54, 1.807) is 18.3 Å². The predicted octanol–water partition coefficient (Wildman–Crippen LogP) is 3.29. The van der Waals surface area contributed by atoms with Crippen molar-refractivity contribution in [2.75, 3.05) is 0 Å². The summed E-state index contributed by atoms with van der Waals surface area (Å²) in [5.74, 6) is 0.391. The van der Waals surface area contributed by atoms with Gasteiger partial charge in [0, 0.05) is 11.8 Å². The number of para-hydroxylation sites is 2. The van der Waals surface area contributed by atoms with E-state index in [1.165, 1.54) is 0 Å². The van der Waals surface area contributed by atoms with Gasteiger partial charge in [0.1, 0.15) is 0 Å². The van der Waals surface area contributed by atoms with E-state index in [0.717, 1.165) is 11.3 Å². The molecule has 0 amide bonds. The third-order valence-corrected chi connectivity index (χ3v) is 2.13. The first-order valence-electron chi connectivity index (χ1n) is 4.90. The van der Waals surface area contributed by atoms with Crippen molar-refractivity contribution in [1.82, 2.24) is 0 Å². The molecular weight excluding hydrogens is 202 g/mol. The maximum atomic E-state index is 8.65. The molecule has 0 spiro atoms. The van der Waals surface area contributed by atoms with Crippen LogP contribution in [-0.4, -0.2) is 11.5 Å². The third-order valence-electron chi connectivity index (χ3n) is 2.13. The Kier molecular flexibility index (Phi) is 3.31. The highest BCUT2D eigenvalue weighted by Crippen LogP contribution is 2.16. The van der Waals surface area contributed by atoms with Crippen LogP contribution in [0.4, 0.5) is 5.69 Å². The minimum Gasteiger partial charge on any atom is -0.340 e. The van der Waals surface area contributed by atoms with Crippen LogP contribution in [-0.2, 0) is 0 Å². The highest BCUT2D eigenvalue weighted by atomic mass is 17.1. The molecule has 2 rings (SSSR count). The number of nitrogens with zero attached hydrogens (tertiary/aromatic N) is 1. The number of rotatable bonds is 3. The zero-order chi connectivity index (χ0) is 11.2. The van der Waals surface area contributed by atoms with Gasteiger partial charge in [-0.2, -0.15) is 0 Å². The Morgan fingerprint density at radius 1 is 0.938 bits per heavy atom. The highest BCUT2D eigenvalue weighted by molar-refractivity contribution is 5.85. The molecule has 3 heteroatoms. The Morgan fingerprint density at radius 2 is 1.62 bits per heavy atom. The molecule has 1 N–H and O–H groups in total. The van der Waals surface area contributed by atoms with E-state index < -0.39 is 0 Å². The van der Waals surface area contributed by atoms with Crippen molar-refractivity contribution >= 4 is 11.9 Å². The van der Waals surface area contributed by atoms with Crippen LogP contribution in [0.5, 0.6) is 5.75 Å². The molecule has 0 aromatic heterocycles. The topological polar surface area (TPSA) is 41.8 Å². The summed E-state index contributed by atoms with van der Waals surface area (Å²) in [6.45, 7) is 0. The molecular formula is C13H11NO2. The largest absolute Gasteiger partial charge is 0.340 e. The molecule has 0 atom stereocenters. The molecule has 0 fully saturated rings. The van der Waals surface area contributed by atoms with Gasteiger partial charge in [0.2, 0.25) is 0 Å². The van der Waals surface area contributed by atoms with Crippen molar-refractivity contribution in [3.05, 3.63) is 60.2 Å². The Hall–Kier alpha value is -2.13. The molecule has 3 nitrogen and oxygen atoms in total. The lowest BCUT2D eigenvalue weighted by Gasteiger charge is -2.00. The van der Waals surface area contributed by atoms with Crippen molar-refractivity contribution in [2.24, 2.45) is 4.99 Å². The van der Waals surface area contributed by atoms with E-state index in [0.29, 0.717) is 5.75 Å². The van der Waals surface area contributed by atoms with Crippen molar-refractivity contribution in [3.63, 3.8) is 0 Å². The second-order valence-corrected chi connectivity index (χ2v) is 3.22. The monoisotopic (exact) mass is 213 g/mol. The van der Waals surface area contributed by atoms with Gasteiger partial charge in [0.25, 0.3) is 0 Å². The highest BCUT2D eigenvalue weighted by Gasteiger charge is 1.98. The Morgan fingerprint density at radius 3 is 2.38 bits per heavy atom. The summed E-state index contributed by atoms with van der Waals surface area (Å²) in [4.78, 5) is 8.51. The standard InChI is InChI=1S/C13H11NO2/c15-16-13-9-5-4-6-11(13)10-14-12-7-2-1-3-8-12/h1-10,15H. The van der Waals surface area contributed by atoms with Crippen LogP contribution in [0.1, 0.15) is 5.56 Å². The first kappa shape index (κ1) is 10.4. The molecule has 0 bridgehead atoms. The van der Waals surface area contributed by atoms with Crippen LogP contribution < -0.4 is 4.89 Å². The summed E-state index contributed by atoms with van der Waals surface area (Å²) in [6, 6.07) is 16.7. The summed E-state index contributed by atoms with van der Waals surface area (Å²) in [5.41, 5.74) is 1.59. The average molecular weight is 213 g/mol. The van der Waals surface area contributed by atoms with E-state index in [2.05, 4.69) is 9.88 Å². The van der Waals surface area contributed by atoms with Crippen LogP contribution in [0.2, 0.25) is 0 Å². The van der Waals surface area contributed by atoms with Crippen molar-refractivity contribution in [3.8, 4) is 5.75 Å². The average Bonchev–Trinajstić information content (AvgIpc) is 2.38. The normalized spacial score (nSPS) is 10.6. The van der Waals surface area contributed by atoms with Crippen LogP contribution in [0.3, 0.4) is 0 Å². The smallest absolute Gasteiger partial charge is 0.173 e. The zero-order valence-electron chi connectivity index (χ0n) is 8.58. The van der Waals surface area contributed by atoms with Crippen LogP contribution >= 0.6 is 0 Å². The molecule has 0 saturated heterocycles. The predicted molar refractivity (Wildman–Crippen MR) is 63.4 cm³/mol. The molecule has 0 heterocycles. The first-order valence-corrected chi connectivity index (χ1v) is 4.90. The Labute approximate surface area is 93.6 Å². The number of hydrogen-bond donors (Lipinski definition) is 1. The molecule has 2 aromatic carbocycles. The van der Waals surface area contributed by atoms with E-state index in [9.17, 15) is 0 Å². The van der Waals surface area contributed by atoms with Crippen LogP contribution in [0.15, 0.2) is 59.6 Å². The summed E-state index contributed by atoms with van der Waals surface area (Å²) in [6.07, 6.45) is 1.65. The van der Waals surface area contributed by atoms with Gasteiger partial charge in [-0.3, -0.25) is 4.99 Å². The van der Waals surface area contributed by atoms with Crippen molar-refractivity contribution in [1.29, 1.82) is 0 Å². The lowest BCUT2D eigenvalue weighted by molar-refractivity contribution is -0.137. The molecule has 2 aromatic rings. The maximum absolute atomic E-state index is 8.65. The lowest BCUT2D eigenvalue weighted by Crippen LogP contribution is -1.90. The van der Waals surface area contributed by atoms with Crippen LogP contribution in [0.25, 0.3) is 0 Å². The third kappa shape index (κ3) is 2.46. The maximum Gasteiger partial charge on any atom is 0.173 e. The van der Waals surface area contributed by atoms with E-state index in [-0.39, 0.29) is 0 Å². The summed E-state index contributed by atoms with van der Waals surface area (Å²) >= 11 is 0. The van der Waals surface area contributed by atoms with E-state index in [1.807, 2.05) is 42.5 Å². The van der Waals surface area contributed by atoms with Gasteiger partial charge in [-0.1, -0.05) is 30.3 Å². The van der Waals surface area contributed by atoms with Gasteiger partial charge in [-0.15, -0.1) is 0 Å². The molecule has 0 aliphatic heterocycles. The molecule has 0 saturated carbocycles. The van der Waals surface area contributed by atoms with Gasteiger partial charge >= 0.3 is 0 Å². The van der Waals surface area contributed by atoms with Gasteiger partial charge in [0.15, 0.2) is 5.75 Å². The fourth-order valence-electron chi connectivity index (χ4n) is 1.33. The van der Waals surface area contributed by atoms with Gasteiger partial charge in [0.05, 0.1) is 5.69 Å². The summed E-state index contributed by atoms with van der Waals surface area (Å²) in [5, 5.41) is 8.65. The fourth-order valence-corrected chi connectivity index (χ4v) is 1.33. The van der Waals surface area contributed by atoms with E-state index in [4.69, 9.17) is 5.26 Å². The number of hydrogen-bond acceptors (Lipinski definition) is 3. The number of benzene rings is 2. The second kappa shape index (κ2) is 5.09. The van der Waals surface area contributed by atoms with Gasteiger partial charge in [-0.05, 0) is 24.3 Å². The summed E-state index contributed by atoms with van der Waals surface area (Å²) < 4.78 is 0. The minimum atomic E-state index is 0.391. The molecule has 80 valence electrons. The summed E-state index contributed by atoms with van der Waals surface area (Å²) in [7, 11) is 0. The zero-order valence-corrected chi connectivity index (χ0v) is 8.58. The number of aliphatic imine (C=N–C) groups is 1. The van der Waals surface area contributed by atoms with E-state index >= 15 is 0 Å². The molecule has 0 radical (unpaired) electrons. The molecule has 0 unspecified atom stereocenters. The molecule has 16 heavy (non-hydrogen) atoms. The molecule has 0 aliphatic carbocycles. The lowest BCUT2D eigenvalue weighted by atomic mass is 10.2. The van der Waals surface area contributed by atoms with Crippen LogP contribution in [0, 0.1) is 0 Å². The molecule has 0 aliphatic rings. The second-order valence-electron chi connectivity index (χ2n) is 3.22. The Bertz CT molecular complexity index is 480. The van der Waals surface area contributed by atoms with Crippen molar-refractivity contribution < 1.29 is 10.1 Å². The van der Waals surface area contributed by atoms with Crippen molar-refractivity contribution in [2.45, 2.75) is 0 Å². The van der Waals surface area contributed by atoms with Gasteiger partial charge in [-0.25, -0.2) is 5.26 Å².